The Morgan fingerprint density at radius 3 is 1.98 bits per heavy atom. The van der Waals surface area contributed by atoms with Gasteiger partial charge < -0.3 is 83.9 Å². The molecule has 4 saturated carbocycles. The van der Waals surface area contributed by atoms with Crippen molar-refractivity contribution >= 4 is 6.29 Å². The van der Waals surface area contributed by atoms with Gasteiger partial charge in [0.05, 0.1) is 31.5 Å². The predicted octanol–water partition coefficient (Wildman–Crippen LogP) is 0.794. The summed E-state index contributed by atoms with van der Waals surface area (Å²) in [5.41, 5.74) is -2.02. The number of carbonyl (C=O) groups is 1. The highest BCUT2D eigenvalue weighted by Gasteiger charge is 2.72. The molecule has 4 aliphatic heterocycles. The summed E-state index contributed by atoms with van der Waals surface area (Å²) in [4.78, 5) is 13.9. The maximum absolute atomic E-state index is 13.9. The van der Waals surface area contributed by atoms with Crippen LogP contribution in [0.4, 0.5) is 0 Å². The van der Waals surface area contributed by atoms with Crippen molar-refractivity contribution in [3.63, 3.8) is 0 Å². The lowest BCUT2D eigenvalue weighted by Gasteiger charge is -2.69. The molecule has 8 fully saturated rings. The van der Waals surface area contributed by atoms with Crippen molar-refractivity contribution < 1.29 is 83.9 Å². The van der Waals surface area contributed by atoms with E-state index in [-0.39, 0.29) is 53.8 Å². The van der Waals surface area contributed by atoms with E-state index in [1.807, 2.05) is 19.9 Å². The fourth-order valence-electron chi connectivity index (χ4n) is 14.5. The molecule has 17 nitrogen and oxygen atoms in total. The first-order valence-corrected chi connectivity index (χ1v) is 23.3. The number of carbonyl (C=O) groups excluding carboxylic acids is 1. The molecule has 0 radical (unpaired) electrons. The molecule has 360 valence electrons. The van der Waals surface area contributed by atoms with Crippen molar-refractivity contribution in [2.24, 2.45) is 45.3 Å². The molecular formula is C46H74O17. The van der Waals surface area contributed by atoms with Crippen LogP contribution >= 0.6 is 0 Å². The van der Waals surface area contributed by atoms with Crippen LogP contribution in [0, 0.1) is 45.3 Å². The SMILES string of the molecule is CC(C)=C[C@@H]1C[C@](O)([C@@H]2CC[C@]3(C)[C@@H]2CC[C@@H]2[C@]4(C=O)CC[C@H](O[C@@H]5OC[C@H](O)[C@H](O[C@@H]6OC[C@H](O)[C@H](O)[C@@H]6O)[C@@H]5O[C@@H]5O[C@H](C)[C@H](O)[C@H](O)[C@@H]5O)C(C)(C)[C@@H]4CC[C@]23C)[C@@H](O)O1. The van der Waals surface area contributed by atoms with E-state index in [0.717, 1.165) is 44.1 Å². The fraction of sp³-hybridized carbons (Fsp3) is 0.935. The van der Waals surface area contributed by atoms with E-state index >= 15 is 0 Å². The Balaban J connectivity index is 1.04. The van der Waals surface area contributed by atoms with Crippen molar-refractivity contribution in [1.29, 1.82) is 0 Å². The van der Waals surface area contributed by atoms with E-state index in [4.69, 9.17) is 33.2 Å². The lowest BCUT2D eigenvalue weighted by molar-refractivity contribution is -0.383. The molecule has 17 heteroatoms. The van der Waals surface area contributed by atoms with Crippen molar-refractivity contribution in [3.8, 4) is 0 Å². The van der Waals surface area contributed by atoms with Crippen molar-refractivity contribution in [2.75, 3.05) is 13.2 Å². The zero-order chi connectivity index (χ0) is 45.8. The summed E-state index contributed by atoms with van der Waals surface area (Å²) in [5, 5.41) is 98.1. The molecule has 63 heavy (non-hydrogen) atoms. The van der Waals surface area contributed by atoms with Crippen LogP contribution in [0.1, 0.15) is 106 Å². The third-order valence-corrected chi connectivity index (χ3v) is 18.1. The maximum Gasteiger partial charge on any atom is 0.187 e. The Morgan fingerprint density at radius 1 is 0.635 bits per heavy atom. The van der Waals surface area contributed by atoms with Crippen LogP contribution in [-0.4, -0.2) is 169 Å². The summed E-state index contributed by atoms with van der Waals surface area (Å²) >= 11 is 0. The first-order chi connectivity index (χ1) is 29.5. The van der Waals surface area contributed by atoms with Gasteiger partial charge >= 0.3 is 0 Å². The van der Waals surface area contributed by atoms with E-state index in [2.05, 4.69) is 27.7 Å². The smallest absolute Gasteiger partial charge is 0.187 e. The van der Waals surface area contributed by atoms with Gasteiger partial charge in [-0.2, -0.15) is 0 Å². The second-order valence-corrected chi connectivity index (χ2v) is 21.9. The van der Waals surface area contributed by atoms with Crippen LogP contribution in [0.25, 0.3) is 0 Å². The molecule has 0 aromatic heterocycles. The zero-order valence-electron chi connectivity index (χ0n) is 37.8. The van der Waals surface area contributed by atoms with E-state index < -0.39 is 109 Å². The molecule has 4 saturated heterocycles. The van der Waals surface area contributed by atoms with Crippen molar-refractivity contribution in [1.82, 2.24) is 0 Å². The molecule has 9 N–H and O–H groups in total. The number of allylic oxidation sites excluding steroid dienone is 1. The summed E-state index contributed by atoms with van der Waals surface area (Å²) in [6, 6.07) is 0. The van der Waals surface area contributed by atoms with Crippen LogP contribution in [0.2, 0.25) is 0 Å². The van der Waals surface area contributed by atoms with Gasteiger partial charge in [0.2, 0.25) is 0 Å². The van der Waals surface area contributed by atoms with Crippen LogP contribution in [0.3, 0.4) is 0 Å². The largest absolute Gasteiger partial charge is 0.388 e. The number of ether oxygens (including phenoxy) is 7. The van der Waals surface area contributed by atoms with E-state index in [9.17, 15) is 50.8 Å². The second kappa shape index (κ2) is 17.4. The standard InChI is InChI=1S/C46H74O17/c1-21(2)16-23-17-46(56,41(55)60-23)25-10-13-43(6)24(25)8-9-29-44(43,7)14-11-28-42(4,5)30(12-15-45(28,29)20-47)61-40-37(63-39-35(54)33(52)31(50)22(3)59-39)36(27(49)19-58-40)62-38-34(53)32(51)26(48)18-57-38/h16,20,22-41,48-56H,8-15,17-19H2,1-7H3/t22-,23-,24-,25-,26+,27+,28+,29+,30+,31+,32+,33+,34+,35+,36+,37+,38+,39+,40+,41+,43-,44-,45+,46+/m1/s1. The van der Waals surface area contributed by atoms with Gasteiger partial charge in [-0.15, -0.1) is 0 Å². The summed E-state index contributed by atoms with van der Waals surface area (Å²) in [5.74, 6) is -0.0527. The van der Waals surface area contributed by atoms with Crippen LogP contribution < -0.4 is 0 Å². The maximum atomic E-state index is 13.9. The van der Waals surface area contributed by atoms with Gasteiger partial charge in [0.1, 0.15) is 66.8 Å². The van der Waals surface area contributed by atoms with Crippen molar-refractivity contribution in [2.45, 2.75) is 210 Å². The normalized spacial score (nSPS) is 55.6. The lowest BCUT2D eigenvalue weighted by Crippen LogP contribution is -2.67. The van der Waals surface area contributed by atoms with Crippen LogP contribution in [-0.2, 0) is 38.0 Å². The number of hydrogen-bond acceptors (Lipinski definition) is 17. The summed E-state index contributed by atoms with van der Waals surface area (Å²) < 4.78 is 42.7. The third kappa shape index (κ3) is 7.73. The van der Waals surface area contributed by atoms with Crippen LogP contribution in [0.5, 0.6) is 0 Å². The molecular weight excluding hydrogens is 824 g/mol. The molecule has 0 bridgehead atoms. The quantitative estimate of drug-likeness (QED) is 0.0881. The number of rotatable bonds is 9. The Bertz CT molecular complexity index is 1680. The van der Waals surface area contributed by atoms with Gasteiger partial charge in [-0.05, 0) is 112 Å². The molecule has 4 aliphatic carbocycles. The fourth-order valence-corrected chi connectivity index (χ4v) is 14.5. The molecule has 0 amide bonds. The Labute approximate surface area is 370 Å². The molecule has 0 unspecified atom stereocenters. The molecule has 8 rings (SSSR count). The second-order valence-electron chi connectivity index (χ2n) is 21.9. The van der Waals surface area contributed by atoms with Gasteiger partial charge in [-0.3, -0.25) is 0 Å². The van der Waals surface area contributed by atoms with Crippen LogP contribution in [0.15, 0.2) is 11.6 Å². The van der Waals surface area contributed by atoms with Gasteiger partial charge in [-0.1, -0.05) is 39.3 Å². The first-order valence-electron chi connectivity index (χ1n) is 23.3. The van der Waals surface area contributed by atoms with Gasteiger partial charge in [-0.25, -0.2) is 0 Å². The summed E-state index contributed by atoms with van der Waals surface area (Å²) in [6.07, 6.45) is -11.7. The topological polar surface area (TPSA) is 264 Å². The highest BCUT2D eigenvalue weighted by Crippen LogP contribution is 2.76. The lowest BCUT2D eigenvalue weighted by atomic mass is 9.35. The molecule has 0 spiro atoms. The third-order valence-electron chi connectivity index (χ3n) is 18.1. The number of fused-ring (bicyclic) bond motifs is 5. The minimum absolute atomic E-state index is 0.0544. The Kier molecular flexibility index (Phi) is 13.3. The van der Waals surface area contributed by atoms with Gasteiger partial charge in [0.25, 0.3) is 0 Å². The van der Waals surface area contributed by atoms with E-state index in [1.165, 1.54) is 13.2 Å². The number of hydrogen-bond donors (Lipinski definition) is 9. The molecule has 0 aromatic carbocycles. The summed E-state index contributed by atoms with van der Waals surface area (Å²) in [6.45, 7) is 13.7. The monoisotopic (exact) mass is 898 g/mol. The number of aliphatic hydroxyl groups is 9. The molecule has 8 aliphatic rings. The minimum Gasteiger partial charge on any atom is -0.388 e. The summed E-state index contributed by atoms with van der Waals surface area (Å²) in [7, 11) is 0. The van der Waals surface area contributed by atoms with Gasteiger partial charge in [0.15, 0.2) is 25.2 Å². The number of aliphatic hydroxyl groups excluding tert-OH is 8. The zero-order valence-corrected chi connectivity index (χ0v) is 37.8. The highest BCUT2D eigenvalue weighted by atomic mass is 16.8. The average Bonchev–Trinajstić information content (AvgIpc) is 3.73. The average molecular weight is 899 g/mol. The number of aldehydes is 1. The molecule has 24 atom stereocenters. The Morgan fingerprint density at radius 2 is 1.29 bits per heavy atom. The van der Waals surface area contributed by atoms with Gasteiger partial charge in [0, 0.05) is 11.8 Å². The Hall–Kier alpha value is -1.23. The highest BCUT2D eigenvalue weighted by molar-refractivity contribution is 5.62. The minimum atomic E-state index is -1.73. The van der Waals surface area contributed by atoms with E-state index in [1.54, 1.807) is 0 Å². The first kappa shape index (κ1) is 48.2. The van der Waals surface area contributed by atoms with Crippen molar-refractivity contribution in [3.05, 3.63) is 11.6 Å². The molecule has 4 heterocycles. The van der Waals surface area contributed by atoms with E-state index in [0.29, 0.717) is 19.3 Å². The molecule has 0 aromatic rings. The predicted molar refractivity (Wildman–Crippen MR) is 220 cm³/mol.